The van der Waals surface area contributed by atoms with Crippen molar-refractivity contribution >= 4 is 31.5 Å². The third-order valence-corrected chi connectivity index (χ3v) is 9.51. The first-order valence-electron chi connectivity index (χ1n) is 20.5. The van der Waals surface area contributed by atoms with Gasteiger partial charge in [0.25, 0.3) is 0 Å². The quantitative estimate of drug-likeness (QED) is 0.179. The Morgan fingerprint density at radius 1 is 0.408 bits per heavy atom. The fourth-order valence-corrected chi connectivity index (χ4v) is 7.35. The van der Waals surface area contributed by atoms with Crippen molar-refractivity contribution in [2.24, 2.45) is 0 Å². The molecule has 4 heteroatoms. The first-order valence-corrected chi connectivity index (χ1v) is 16.4. The van der Waals surface area contributed by atoms with Crippen molar-refractivity contribution in [3.8, 4) is 67.5 Å². The monoisotopic (exact) mass is 653 g/mol. The van der Waals surface area contributed by atoms with Crippen LogP contribution in [0.2, 0.25) is 0 Å². The zero-order valence-corrected chi connectivity index (χ0v) is 26.5. The molecule has 0 N–H and O–H groups in total. The summed E-state index contributed by atoms with van der Waals surface area (Å²) in [7, 11) is 0. The molecule has 3 nitrogen and oxygen atoms in total. The maximum absolute atomic E-state index is 8.73. The topological polar surface area (TPSA) is 38.7 Å². The van der Waals surface area contributed by atoms with E-state index in [1.807, 2.05) is 60.7 Å². The molecule has 9 aromatic rings. The van der Waals surface area contributed by atoms with Gasteiger partial charge in [-0.3, -0.25) is 0 Å². The molecule has 0 spiro atoms. The molecule has 0 radical (unpaired) electrons. The summed E-state index contributed by atoms with van der Waals surface area (Å²) >= 11 is 1.59. The summed E-state index contributed by atoms with van der Waals surface area (Å²) in [6.45, 7) is 0. The van der Waals surface area contributed by atoms with Gasteiger partial charge in [0.2, 0.25) is 0 Å². The van der Waals surface area contributed by atoms with Gasteiger partial charge in [-0.1, -0.05) is 151 Å². The average molecular weight is 654 g/mol. The Morgan fingerprint density at radius 2 is 0.918 bits per heavy atom. The summed E-state index contributed by atoms with van der Waals surface area (Å²) < 4.78 is 86.5. The van der Waals surface area contributed by atoms with E-state index in [1.54, 1.807) is 17.4 Å². The van der Waals surface area contributed by atoms with Crippen molar-refractivity contribution in [1.29, 1.82) is 0 Å². The van der Waals surface area contributed by atoms with Gasteiger partial charge in [0.05, 0.1) is 13.7 Å². The van der Waals surface area contributed by atoms with E-state index in [2.05, 4.69) is 53.5 Å². The van der Waals surface area contributed by atoms with Crippen LogP contribution in [0.15, 0.2) is 176 Å². The molecule has 9 rings (SSSR count). The minimum absolute atomic E-state index is 0.0248. The summed E-state index contributed by atoms with van der Waals surface area (Å²) in [5, 5.41) is 1.67. The number of aromatic nitrogens is 3. The van der Waals surface area contributed by atoms with E-state index < -0.39 is 60.4 Å². The van der Waals surface area contributed by atoms with Gasteiger partial charge in [-0.15, -0.1) is 11.3 Å². The highest BCUT2D eigenvalue weighted by Gasteiger charge is 2.19. The summed E-state index contributed by atoms with van der Waals surface area (Å²) in [5.74, 6) is -0.592. The van der Waals surface area contributed by atoms with Gasteiger partial charge >= 0.3 is 0 Å². The molecule has 0 bridgehead atoms. The molecule has 0 unspecified atom stereocenters. The third kappa shape index (κ3) is 5.48. The number of benzene rings is 7. The molecule has 7 aromatic carbocycles. The fourth-order valence-electron chi connectivity index (χ4n) is 6.08. The van der Waals surface area contributed by atoms with Crippen LogP contribution in [0.3, 0.4) is 0 Å². The van der Waals surface area contributed by atoms with Gasteiger partial charge < -0.3 is 0 Å². The number of thiophene rings is 1. The van der Waals surface area contributed by atoms with Crippen LogP contribution in [-0.4, -0.2) is 15.0 Å². The second kappa shape index (κ2) is 12.4. The lowest BCUT2D eigenvalue weighted by Crippen LogP contribution is -2.00. The van der Waals surface area contributed by atoms with Crippen LogP contribution >= 0.6 is 11.3 Å². The van der Waals surface area contributed by atoms with E-state index in [0.29, 0.717) is 5.56 Å². The molecule has 0 saturated heterocycles. The molecular formula is C45H29N3S. The molecule has 0 aliphatic heterocycles. The Labute approximate surface area is 302 Å². The van der Waals surface area contributed by atoms with Crippen LogP contribution in [-0.2, 0) is 0 Å². The van der Waals surface area contributed by atoms with E-state index in [0.717, 1.165) is 53.6 Å². The van der Waals surface area contributed by atoms with E-state index in [9.17, 15) is 0 Å². The summed E-state index contributed by atoms with van der Waals surface area (Å²) in [5.41, 5.74) is 6.18. The standard InChI is InChI=1S/C45H29N3S/c1-5-15-30(16-6-1)34-27-35(31-17-7-2-8-18-31)29-36(28-34)37-23-13-24-38-41-39(25-14-26-40(41)49-42(37)38)45-47-43(32-19-9-3-10-20-32)46-44(48-45)33-21-11-4-12-22-33/h1-29H/i3D,4D,9D,10D,11D,12D,19D,20D,21D,22D. The predicted molar refractivity (Wildman–Crippen MR) is 205 cm³/mol. The van der Waals surface area contributed by atoms with Gasteiger partial charge in [-0.25, -0.2) is 15.0 Å². The van der Waals surface area contributed by atoms with Crippen molar-refractivity contribution in [2.75, 3.05) is 0 Å². The lowest BCUT2D eigenvalue weighted by Gasteiger charge is -2.12. The van der Waals surface area contributed by atoms with Crippen molar-refractivity contribution < 1.29 is 13.7 Å². The second-order valence-electron chi connectivity index (χ2n) is 11.3. The largest absolute Gasteiger partial charge is 0.208 e. The van der Waals surface area contributed by atoms with E-state index in [1.165, 1.54) is 0 Å². The smallest absolute Gasteiger partial charge is 0.164 e. The zero-order valence-electron chi connectivity index (χ0n) is 35.7. The van der Waals surface area contributed by atoms with Gasteiger partial charge in [0.1, 0.15) is 0 Å². The normalized spacial score (nSPS) is 14.1. The molecular weight excluding hydrogens is 615 g/mol. The van der Waals surface area contributed by atoms with Gasteiger partial charge in [-0.05, 0) is 57.6 Å². The molecule has 0 saturated carbocycles. The maximum Gasteiger partial charge on any atom is 0.164 e. The first-order chi connectivity index (χ1) is 28.4. The number of hydrogen-bond donors (Lipinski definition) is 0. The summed E-state index contributed by atoms with van der Waals surface area (Å²) in [6.07, 6.45) is 0. The molecule has 49 heavy (non-hydrogen) atoms. The number of rotatable bonds is 6. The van der Waals surface area contributed by atoms with Crippen LogP contribution in [0.4, 0.5) is 0 Å². The molecule has 0 amide bonds. The Kier molecular flexibility index (Phi) is 5.12. The molecule has 230 valence electrons. The van der Waals surface area contributed by atoms with Crippen molar-refractivity contribution in [3.63, 3.8) is 0 Å². The average Bonchev–Trinajstić information content (AvgIpc) is 3.66. The van der Waals surface area contributed by atoms with Crippen LogP contribution in [0.1, 0.15) is 13.7 Å². The highest BCUT2D eigenvalue weighted by atomic mass is 32.1. The van der Waals surface area contributed by atoms with E-state index >= 15 is 0 Å². The third-order valence-electron chi connectivity index (χ3n) is 8.30. The van der Waals surface area contributed by atoms with Crippen LogP contribution in [0.25, 0.3) is 87.7 Å². The van der Waals surface area contributed by atoms with Crippen LogP contribution < -0.4 is 0 Å². The lowest BCUT2D eigenvalue weighted by molar-refractivity contribution is 1.08. The molecule has 2 heterocycles. The Hall–Kier alpha value is -6.23. The molecule has 0 atom stereocenters. The lowest BCUT2D eigenvalue weighted by atomic mass is 9.92. The fraction of sp³-hybridized carbons (Fsp3) is 0. The maximum atomic E-state index is 8.73. The van der Waals surface area contributed by atoms with Gasteiger partial charge in [0.15, 0.2) is 17.5 Å². The van der Waals surface area contributed by atoms with Gasteiger partial charge in [-0.2, -0.15) is 0 Å². The molecule has 2 aromatic heterocycles. The minimum atomic E-state index is -0.600. The number of nitrogens with zero attached hydrogens (tertiary/aromatic N) is 3. The summed E-state index contributed by atoms with van der Waals surface area (Å²) in [6, 6.07) is 32.9. The molecule has 0 aliphatic rings. The second-order valence-corrected chi connectivity index (χ2v) is 12.4. The highest BCUT2D eigenvalue weighted by Crippen LogP contribution is 2.45. The SMILES string of the molecule is [2H]c1c([2H])c([2H])c(-c2nc(-c3c([2H])c([2H])c([2H])c([2H])c3[2H])nc(-c3cccc4sc5c(-c6cc(-c7ccccc7)cc(-c7ccccc7)c6)cccc5c34)n2)c([2H])c1[2H]. The predicted octanol–water partition coefficient (Wildman–Crippen LogP) is 12.2. The van der Waals surface area contributed by atoms with Gasteiger partial charge in [0, 0.05) is 36.9 Å². The van der Waals surface area contributed by atoms with Crippen molar-refractivity contribution in [2.45, 2.75) is 0 Å². The summed E-state index contributed by atoms with van der Waals surface area (Å²) in [4.78, 5) is 13.9. The van der Waals surface area contributed by atoms with Crippen molar-refractivity contribution in [1.82, 2.24) is 15.0 Å². The Morgan fingerprint density at radius 3 is 1.51 bits per heavy atom. The zero-order chi connectivity index (χ0) is 41.3. The Balaban J connectivity index is 1.31. The van der Waals surface area contributed by atoms with E-state index in [-0.39, 0.29) is 28.6 Å². The number of hydrogen-bond acceptors (Lipinski definition) is 4. The highest BCUT2D eigenvalue weighted by molar-refractivity contribution is 7.26. The van der Waals surface area contributed by atoms with Crippen LogP contribution in [0.5, 0.6) is 0 Å². The molecule has 0 aliphatic carbocycles. The Bertz CT molecular complexity index is 2970. The van der Waals surface area contributed by atoms with Crippen molar-refractivity contribution in [3.05, 3.63) is 176 Å². The van der Waals surface area contributed by atoms with Crippen LogP contribution in [0, 0.1) is 0 Å². The minimum Gasteiger partial charge on any atom is -0.208 e. The molecule has 0 fully saturated rings. The first kappa shape index (κ1) is 20.2. The number of fused-ring (bicyclic) bond motifs is 3. The van der Waals surface area contributed by atoms with E-state index in [4.69, 9.17) is 23.7 Å².